The van der Waals surface area contributed by atoms with Crippen molar-refractivity contribution in [1.29, 1.82) is 5.26 Å². The fourth-order valence-electron chi connectivity index (χ4n) is 1.80. The second-order valence-corrected chi connectivity index (χ2v) is 5.23. The van der Waals surface area contributed by atoms with E-state index in [4.69, 9.17) is 11.0 Å². The molecule has 0 saturated heterocycles. The van der Waals surface area contributed by atoms with Gasteiger partial charge in [0.15, 0.2) is 0 Å². The number of nitrogens with one attached hydrogen (secondary N) is 1. The summed E-state index contributed by atoms with van der Waals surface area (Å²) in [7, 11) is 0. The molecule has 0 radical (unpaired) electrons. The maximum atomic E-state index is 12.3. The summed E-state index contributed by atoms with van der Waals surface area (Å²) >= 11 is 3.32. The van der Waals surface area contributed by atoms with Gasteiger partial charge in [-0.1, -0.05) is 22.0 Å². The molecule has 2 rings (SSSR count). The molecular weight excluding hydrogens is 318 g/mol. The minimum atomic E-state index is -0.259. The molecule has 0 aliphatic rings. The molecule has 0 heterocycles. The Morgan fingerprint density at radius 3 is 2.80 bits per heavy atom. The van der Waals surface area contributed by atoms with E-state index in [1.807, 2.05) is 6.07 Å². The SMILES string of the molecule is Cc1c(N)cc(Br)cc1C(=O)Nc1cccc(C#N)c1. The second kappa shape index (κ2) is 5.76. The zero-order valence-electron chi connectivity index (χ0n) is 10.8. The molecule has 0 spiro atoms. The third kappa shape index (κ3) is 2.98. The fraction of sp³-hybridized carbons (Fsp3) is 0.0667. The van der Waals surface area contributed by atoms with E-state index in [2.05, 4.69) is 21.2 Å². The van der Waals surface area contributed by atoms with Crippen molar-refractivity contribution in [1.82, 2.24) is 0 Å². The summed E-state index contributed by atoms with van der Waals surface area (Å²) in [5.74, 6) is -0.259. The van der Waals surface area contributed by atoms with Crippen molar-refractivity contribution in [3.05, 3.63) is 57.6 Å². The maximum absolute atomic E-state index is 12.3. The third-order valence-corrected chi connectivity index (χ3v) is 3.36. The molecule has 0 aliphatic heterocycles. The van der Waals surface area contributed by atoms with Crippen LogP contribution in [0.15, 0.2) is 40.9 Å². The highest BCUT2D eigenvalue weighted by atomic mass is 79.9. The Balaban J connectivity index is 2.31. The molecule has 3 N–H and O–H groups in total. The molecule has 0 saturated carbocycles. The van der Waals surface area contributed by atoms with Crippen LogP contribution < -0.4 is 11.1 Å². The molecule has 0 aromatic heterocycles. The molecule has 2 aromatic rings. The Hall–Kier alpha value is -2.32. The monoisotopic (exact) mass is 329 g/mol. The van der Waals surface area contributed by atoms with E-state index in [0.29, 0.717) is 22.5 Å². The van der Waals surface area contributed by atoms with Crippen LogP contribution in [0.2, 0.25) is 0 Å². The highest BCUT2D eigenvalue weighted by Gasteiger charge is 2.12. The number of anilines is 2. The van der Waals surface area contributed by atoms with E-state index in [1.54, 1.807) is 43.3 Å². The molecule has 100 valence electrons. The summed E-state index contributed by atoms with van der Waals surface area (Å²) < 4.78 is 0.747. The van der Waals surface area contributed by atoms with Gasteiger partial charge in [0.05, 0.1) is 11.6 Å². The van der Waals surface area contributed by atoms with E-state index in [1.165, 1.54) is 0 Å². The first kappa shape index (κ1) is 14.1. The lowest BCUT2D eigenvalue weighted by molar-refractivity contribution is 0.102. The lowest BCUT2D eigenvalue weighted by atomic mass is 10.1. The number of benzene rings is 2. The van der Waals surface area contributed by atoms with Gasteiger partial charge in [-0.15, -0.1) is 0 Å². The van der Waals surface area contributed by atoms with Gasteiger partial charge < -0.3 is 11.1 Å². The minimum Gasteiger partial charge on any atom is -0.398 e. The van der Waals surface area contributed by atoms with Gasteiger partial charge in [0, 0.05) is 21.4 Å². The van der Waals surface area contributed by atoms with Crippen molar-refractivity contribution in [2.45, 2.75) is 6.92 Å². The van der Waals surface area contributed by atoms with Crippen molar-refractivity contribution in [3.8, 4) is 6.07 Å². The Kier molecular flexibility index (Phi) is 4.06. The van der Waals surface area contributed by atoms with Crippen LogP contribution in [0.4, 0.5) is 11.4 Å². The van der Waals surface area contributed by atoms with Crippen LogP contribution in [0.25, 0.3) is 0 Å². The van der Waals surface area contributed by atoms with E-state index in [-0.39, 0.29) is 5.91 Å². The first-order valence-electron chi connectivity index (χ1n) is 5.88. The van der Waals surface area contributed by atoms with E-state index >= 15 is 0 Å². The zero-order valence-corrected chi connectivity index (χ0v) is 12.4. The van der Waals surface area contributed by atoms with Gasteiger partial charge in [-0.3, -0.25) is 4.79 Å². The van der Waals surface area contributed by atoms with Gasteiger partial charge in [0.25, 0.3) is 5.91 Å². The fourth-order valence-corrected chi connectivity index (χ4v) is 2.28. The lowest BCUT2D eigenvalue weighted by Crippen LogP contribution is -2.14. The number of nitrogens with zero attached hydrogens (tertiary/aromatic N) is 1. The average Bonchev–Trinajstić information content (AvgIpc) is 2.43. The summed E-state index contributed by atoms with van der Waals surface area (Å²) in [5.41, 5.74) is 8.69. The smallest absolute Gasteiger partial charge is 0.256 e. The summed E-state index contributed by atoms with van der Waals surface area (Å²) in [4.78, 5) is 12.3. The average molecular weight is 330 g/mol. The Labute approximate surface area is 125 Å². The summed E-state index contributed by atoms with van der Waals surface area (Å²) in [6, 6.07) is 12.2. The van der Waals surface area contributed by atoms with Gasteiger partial charge >= 0.3 is 0 Å². The van der Waals surface area contributed by atoms with Crippen molar-refractivity contribution in [2.24, 2.45) is 0 Å². The molecule has 4 nitrogen and oxygen atoms in total. The van der Waals surface area contributed by atoms with Gasteiger partial charge in [0.1, 0.15) is 0 Å². The molecular formula is C15H12BrN3O. The summed E-state index contributed by atoms with van der Waals surface area (Å²) in [5, 5.41) is 11.6. The number of nitrogens with two attached hydrogens (primary N) is 1. The van der Waals surface area contributed by atoms with Crippen LogP contribution in [0.5, 0.6) is 0 Å². The number of hydrogen-bond acceptors (Lipinski definition) is 3. The Morgan fingerprint density at radius 2 is 2.10 bits per heavy atom. The van der Waals surface area contributed by atoms with E-state index in [0.717, 1.165) is 10.0 Å². The molecule has 2 aromatic carbocycles. The zero-order chi connectivity index (χ0) is 14.7. The predicted octanol–water partition coefficient (Wildman–Crippen LogP) is 3.46. The molecule has 5 heteroatoms. The topological polar surface area (TPSA) is 78.9 Å². The molecule has 0 unspecified atom stereocenters. The van der Waals surface area contributed by atoms with Crippen molar-refractivity contribution >= 4 is 33.2 Å². The van der Waals surface area contributed by atoms with E-state index < -0.39 is 0 Å². The number of nitrogen functional groups attached to an aromatic ring is 1. The second-order valence-electron chi connectivity index (χ2n) is 4.31. The molecule has 1 amide bonds. The van der Waals surface area contributed by atoms with Crippen LogP contribution in [-0.4, -0.2) is 5.91 Å². The van der Waals surface area contributed by atoms with Crippen LogP contribution in [-0.2, 0) is 0 Å². The highest BCUT2D eigenvalue weighted by Crippen LogP contribution is 2.23. The number of amides is 1. The third-order valence-electron chi connectivity index (χ3n) is 2.91. The Morgan fingerprint density at radius 1 is 1.35 bits per heavy atom. The number of nitriles is 1. The molecule has 0 aliphatic carbocycles. The quantitative estimate of drug-likeness (QED) is 0.828. The normalized spacial score (nSPS) is 9.85. The number of halogens is 1. The first-order chi connectivity index (χ1) is 9.51. The Bertz CT molecular complexity index is 720. The number of hydrogen-bond donors (Lipinski definition) is 2. The van der Waals surface area contributed by atoms with Crippen molar-refractivity contribution < 1.29 is 4.79 Å². The minimum absolute atomic E-state index is 0.259. The van der Waals surface area contributed by atoms with Gasteiger partial charge in [0.2, 0.25) is 0 Å². The van der Waals surface area contributed by atoms with Gasteiger partial charge in [-0.2, -0.15) is 5.26 Å². The highest BCUT2D eigenvalue weighted by molar-refractivity contribution is 9.10. The standard InChI is InChI=1S/C15H12BrN3O/c1-9-13(6-11(16)7-14(9)18)15(20)19-12-4-2-3-10(5-12)8-17/h2-7H,18H2,1H3,(H,19,20). The van der Waals surface area contributed by atoms with Crippen molar-refractivity contribution in [2.75, 3.05) is 11.1 Å². The largest absolute Gasteiger partial charge is 0.398 e. The first-order valence-corrected chi connectivity index (χ1v) is 6.67. The lowest BCUT2D eigenvalue weighted by Gasteiger charge is -2.10. The van der Waals surface area contributed by atoms with E-state index in [9.17, 15) is 4.79 Å². The molecule has 0 atom stereocenters. The van der Waals surface area contributed by atoms with Crippen LogP contribution >= 0.6 is 15.9 Å². The molecule has 0 bridgehead atoms. The molecule has 0 fully saturated rings. The summed E-state index contributed by atoms with van der Waals surface area (Å²) in [6.07, 6.45) is 0. The molecule has 20 heavy (non-hydrogen) atoms. The number of carbonyl (C=O) groups excluding carboxylic acids is 1. The van der Waals surface area contributed by atoms with Crippen LogP contribution in [0.3, 0.4) is 0 Å². The maximum Gasteiger partial charge on any atom is 0.256 e. The van der Waals surface area contributed by atoms with Crippen molar-refractivity contribution in [3.63, 3.8) is 0 Å². The van der Waals surface area contributed by atoms with Crippen LogP contribution in [0, 0.1) is 18.3 Å². The number of carbonyl (C=O) groups is 1. The van der Waals surface area contributed by atoms with Gasteiger partial charge in [-0.25, -0.2) is 0 Å². The van der Waals surface area contributed by atoms with Crippen LogP contribution in [0.1, 0.15) is 21.5 Å². The summed E-state index contributed by atoms with van der Waals surface area (Å²) in [6.45, 7) is 1.79. The van der Waals surface area contributed by atoms with Gasteiger partial charge in [-0.05, 0) is 42.8 Å². The number of rotatable bonds is 2. The predicted molar refractivity (Wildman–Crippen MR) is 82.4 cm³/mol.